The van der Waals surface area contributed by atoms with E-state index in [0.29, 0.717) is 34.2 Å². The maximum Gasteiger partial charge on any atom is 0.344 e. The third-order valence-electron chi connectivity index (χ3n) is 12.8. The van der Waals surface area contributed by atoms with E-state index in [-0.39, 0.29) is 47.2 Å². The van der Waals surface area contributed by atoms with Gasteiger partial charge in [0.05, 0.1) is 19.2 Å². The number of anilines is 2. The Balaban J connectivity index is 1.56. The third kappa shape index (κ3) is 12.6. The molecule has 2 N–H and O–H groups in total. The van der Waals surface area contributed by atoms with Crippen molar-refractivity contribution in [2.45, 2.75) is 143 Å². The predicted molar refractivity (Wildman–Crippen MR) is 247 cm³/mol. The number of ether oxygens (including phenoxy) is 4. The van der Waals surface area contributed by atoms with Crippen LogP contribution in [0.4, 0.5) is 11.4 Å². The quantitative estimate of drug-likeness (QED) is 0.0804. The molecule has 0 saturated carbocycles. The SMILES string of the molecule is CCC(C)(C)c1ccc(OCC(=O)Nc2cccc(C(CC(=O)Nc3ccccc3OC)OC(=O)COc3ccc(C(C)(C)CC)cc3C(C)(C)CC)c2)c(C(C)(C)CC)c1. The highest BCUT2D eigenvalue weighted by Gasteiger charge is 2.29. The largest absolute Gasteiger partial charge is 0.495 e. The van der Waals surface area contributed by atoms with Gasteiger partial charge in [-0.25, -0.2) is 4.79 Å². The molecule has 4 rings (SSSR count). The fourth-order valence-corrected chi connectivity index (χ4v) is 6.83. The topological polar surface area (TPSA) is 112 Å². The summed E-state index contributed by atoms with van der Waals surface area (Å²) in [4.78, 5) is 40.6. The number of hydrogen-bond acceptors (Lipinski definition) is 7. The van der Waals surface area contributed by atoms with Crippen LogP contribution < -0.4 is 24.8 Å². The van der Waals surface area contributed by atoms with Gasteiger partial charge >= 0.3 is 5.97 Å². The molecule has 330 valence electrons. The van der Waals surface area contributed by atoms with E-state index in [1.54, 1.807) is 42.5 Å². The number of esters is 1. The number of nitrogens with one attached hydrogen (secondary N) is 2. The summed E-state index contributed by atoms with van der Waals surface area (Å²) in [6, 6.07) is 26.5. The van der Waals surface area contributed by atoms with Crippen LogP contribution in [0.3, 0.4) is 0 Å². The molecule has 9 heteroatoms. The predicted octanol–water partition coefficient (Wildman–Crippen LogP) is 12.2. The maximum atomic E-state index is 13.7. The number of para-hydroxylation sites is 2. The third-order valence-corrected chi connectivity index (χ3v) is 12.8. The minimum atomic E-state index is -1.01. The van der Waals surface area contributed by atoms with Crippen LogP contribution in [0.15, 0.2) is 84.9 Å². The molecule has 0 bridgehead atoms. The number of carbonyl (C=O) groups excluding carboxylic acids is 3. The van der Waals surface area contributed by atoms with Crippen molar-refractivity contribution in [3.63, 3.8) is 0 Å². The molecule has 0 radical (unpaired) electrons. The highest BCUT2D eigenvalue weighted by atomic mass is 16.6. The number of benzene rings is 4. The second-order valence-corrected chi connectivity index (χ2v) is 18.6. The summed E-state index contributed by atoms with van der Waals surface area (Å²) in [7, 11) is 1.53. The van der Waals surface area contributed by atoms with Crippen LogP contribution >= 0.6 is 0 Å². The number of rotatable bonds is 21. The summed E-state index contributed by atoms with van der Waals surface area (Å²) in [5, 5.41) is 5.82. The Morgan fingerprint density at radius 2 is 1.08 bits per heavy atom. The first-order valence-corrected chi connectivity index (χ1v) is 21.8. The summed E-state index contributed by atoms with van der Waals surface area (Å²) in [5.41, 5.74) is 5.58. The van der Waals surface area contributed by atoms with Crippen molar-refractivity contribution >= 4 is 29.2 Å². The summed E-state index contributed by atoms with van der Waals surface area (Å²) < 4.78 is 23.9. The minimum absolute atomic E-state index is 0.00116. The Kier molecular flexibility index (Phi) is 16.3. The van der Waals surface area contributed by atoms with Gasteiger partial charge < -0.3 is 29.6 Å². The van der Waals surface area contributed by atoms with E-state index in [0.717, 1.165) is 36.8 Å². The standard InChI is InChI=1S/C52H70N2O7/c1-14-49(5,6)36-25-27-42(39(30-36)51(9,10)16-3)59-33-47(56)53-38-22-20-21-35(29-38)45(32-46(55)54-41-23-18-19-24-44(41)58-13)61-48(57)34-60-43-28-26-37(50(7,8)15-2)31-40(43)52(11,12)17-4/h18-31,45H,14-17,32-34H2,1-13H3,(H,53,56)(H,54,55). The van der Waals surface area contributed by atoms with Gasteiger partial charge in [0.15, 0.2) is 13.2 Å². The molecule has 0 heterocycles. The van der Waals surface area contributed by atoms with Crippen LogP contribution in [0.1, 0.15) is 149 Å². The molecular weight excluding hydrogens is 765 g/mol. The van der Waals surface area contributed by atoms with Crippen molar-refractivity contribution in [2.24, 2.45) is 0 Å². The van der Waals surface area contributed by atoms with E-state index >= 15 is 0 Å². The van der Waals surface area contributed by atoms with Crippen LogP contribution in [0.2, 0.25) is 0 Å². The van der Waals surface area contributed by atoms with E-state index in [4.69, 9.17) is 18.9 Å². The first-order chi connectivity index (χ1) is 28.7. The highest BCUT2D eigenvalue weighted by Crippen LogP contribution is 2.40. The molecule has 0 aliphatic carbocycles. The van der Waals surface area contributed by atoms with Crippen LogP contribution in [0, 0.1) is 0 Å². The second kappa shape index (κ2) is 20.5. The Bertz CT molecular complexity index is 2130. The molecule has 1 atom stereocenters. The van der Waals surface area contributed by atoms with Crippen molar-refractivity contribution in [3.05, 3.63) is 113 Å². The van der Waals surface area contributed by atoms with E-state index in [2.05, 4.69) is 118 Å². The lowest BCUT2D eigenvalue weighted by atomic mass is 9.76. The first-order valence-electron chi connectivity index (χ1n) is 21.8. The van der Waals surface area contributed by atoms with Crippen molar-refractivity contribution in [1.29, 1.82) is 0 Å². The zero-order valence-corrected chi connectivity index (χ0v) is 39.0. The summed E-state index contributed by atoms with van der Waals surface area (Å²) in [5.74, 6) is 0.387. The number of methoxy groups -OCH3 is 1. The average molecular weight is 835 g/mol. The Morgan fingerprint density at radius 1 is 0.557 bits per heavy atom. The molecule has 0 spiro atoms. The molecule has 61 heavy (non-hydrogen) atoms. The number of amides is 2. The van der Waals surface area contributed by atoms with Crippen molar-refractivity contribution in [3.8, 4) is 17.2 Å². The zero-order chi connectivity index (χ0) is 45.2. The van der Waals surface area contributed by atoms with E-state index in [1.807, 2.05) is 18.2 Å². The van der Waals surface area contributed by atoms with Gasteiger partial charge in [-0.1, -0.05) is 132 Å². The normalized spacial score (nSPS) is 12.6. The van der Waals surface area contributed by atoms with Crippen LogP contribution in [-0.4, -0.2) is 38.1 Å². The summed E-state index contributed by atoms with van der Waals surface area (Å²) >= 11 is 0. The molecule has 9 nitrogen and oxygen atoms in total. The molecular formula is C52H70N2O7. The van der Waals surface area contributed by atoms with Gasteiger partial charge in [0, 0.05) is 16.8 Å². The Hall–Kier alpha value is -5.31. The summed E-state index contributed by atoms with van der Waals surface area (Å²) in [6.07, 6.45) is 2.51. The van der Waals surface area contributed by atoms with Gasteiger partial charge in [-0.15, -0.1) is 0 Å². The average Bonchev–Trinajstić information content (AvgIpc) is 3.24. The van der Waals surface area contributed by atoms with Gasteiger partial charge in [0.1, 0.15) is 23.4 Å². The minimum Gasteiger partial charge on any atom is -0.495 e. The monoisotopic (exact) mass is 835 g/mol. The Morgan fingerprint density at radius 3 is 1.61 bits per heavy atom. The van der Waals surface area contributed by atoms with Gasteiger partial charge in [-0.05, 0) is 100 Å². The number of carbonyl (C=O) groups is 3. The van der Waals surface area contributed by atoms with Gasteiger partial charge in [0.2, 0.25) is 5.91 Å². The molecule has 1 unspecified atom stereocenters. The molecule has 4 aromatic rings. The lowest BCUT2D eigenvalue weighted by Crippen LogP contribution is -2.25. The lowest BCUT2D eigenvalue weighted by Gasteiger charge is -2.30. The van der Waals surface area contributed by atoms with Crippen molar-refractivity contribution in [2.75, 3.05) is 31.0 Å². The van der Waals surface area contributed by atoms with Gasteiger partial charge in [-0.2, -0.15) is 0 Å². The smallest absolute Gasteiger partial charge is 0.344 e. The first kappa shape index (κ1) is 48.4. The molecule has 0 aliphatic rings. The highest BCUT2D eigenvalue weighted by molar-refractivity contribution is 5.93. The Labute approximate surface area is 365 Å². The fraction of sp³-hybridized carbons (Fsp3) is 0.481. The van der Waals surface area contributed by atoms with Crippen LogP contribution in [0.25, 0.3) is 0 Å². The fourth-order valence-electron chi connectivity index (χ4n) is 6.83. The van der Waals surface area contributed by atoms with Crippen molar-refractivity contribution < 1.29 is 33.3 Å². The molecule has 2 amide bonds. The molecule has 0 aromatic heterocycles. The van der Waals surface area contributed by atoms with E-state index in [1.165, 1.54) is 18.2 Å². The van der Waals surface area contributed by atoms with E-state index < -0.39 is 18.0 Å². The second-order valence-electron chi connectivity index (χ2n) is 18.6. The molecule has 4 aromatic carbocycles. The molecule has 0 saturated heterocycles. The lowest BCUT2D eigenvalue weighted by molar-refractivity contribution is -0.152. The molecule has 0 fully saturated rings. The van der Waals surface area contributed by atoms with Crippen molar-refractivity contribution in [1.82, 2.24) is 0 Å². The van der Waals surface area contributed by atoms with Crippen LogP contribution in [0.5, 0.6) is 17.2 Å². The molecule has 0 aliphatic heterocycles. The maximum absolute atomic E-state index is 13.7. The van der Waals surface area contributed by atoms with Gasteiger partial charge in [-0.3, -0.25) is 9.59 Å². The number of hydrogen-bond donors (Lipinski definition) is 2. The van der Waals surface area contributed by atoms with Gasteiger partial charge in [0.25, 0.3) is 5.91 Å². The summed E-state index contributed by atoms with van der Waals surface area (Å²) in [6.45, 7) is 25.7. The van der Waals surface area contributed by atoms with E-state index in [9.17, 15) is 14.4 Å². The zero-order valence-electron chi connectivity index (χ0n) is 39.0. The van der Waals surface area contributed by atoms with Crippen LogP contribution in [-0.2, 0) is 40.8 Å².